The lowest BCUT2D eigenvalue weighted by Gasteiger charge is -2.34. The smallest absolute Gasteiger partial charge is 0.408 e. The monoisotopic (exact) mass is 422 g/mol. The predicted molar refractivity (Wildman–Crippen MR) is 118 cm³/mol. The van der Waals surface area contributed by atoms with Crippen LogP contribution >= 0.6 is 0 Å². The van der Waals surface area contributed by atoms with Gasteiger partial charge in [-0.25, -0.2) is 4.79 Å². The van der Waals surface area contributed by atoms with E-state index in [4.69, 9.17) is 4.42 Å². The summed E-state index contributed by atoms with van der Waals surface area (Å²) in [6, 6.07) is 12.9. The minimum atomic E-state index is -0.531. The van der Waals surface area contributed by atoms with E-state index in [1.54, 1.807) is 29.2 Å². The van der Waals surface area contributed by atoms with Gasteiger partial charge < -0.3 is 14.6 Å². The average molecular weight is 422 g/mol. The van der Waals surface area contributed by atoms with Gasteiger partial charge in [0.2, 0.25) is 11.8 Å². The Hall–Kier alpha value is -3.39. The second-order valence-electron chi connectivity index (χ2n) is 7.87. The topological polar surface area (TPSA) is 87.8 Å². The van der Waals surface area contributed by atoms with Gasteiger partial charge in [-0.05, 0) is 43.2 Å². The number of aryl methyl sites for hydroxylation is 1. The van der Waals surface area contributed by atoms with Crippen LogP contribution in [0.1, 0.15) is 11.1 Å². The molecule has 0 radical (unpaired) electrons. The molecule has 3 aromatic rings. The van der Waals surface area contributed by atoms with E-state index in [0.29, 0.717) is 37.3 Å². The van der Waals surface area contributed by atoms with E-state index in [2.05, 4.69) is 5.32 Å². The van der Waals surface area contributed by atoms with E-state index in [9.17, 15) is 14.4 Å². The highest BCUT2D eigenvalue weighted by molar-refractivity contribution is 5.93. The van der Waals surface area contributed by atoms with Crippen molar-refractivity contribution in [3.63, 3.8) is 0 Å². The number of hydrogen-bond acceptors (Lipinski definition) is 5. The zero-order valence-corrected chi connectivity index (χ0v) is 17.8. The first kappa shape index (κ1) is 20.9. The summed E-state index contributed by atoms with van der Waals surface area (Å²) in [4.78, 5) is 41.0. The summed E-state index contributed by atoms with van der Waals surface area (Å²) < 4.78 is 6.56. The SMILES string of the molecule is Cc1cccc(NC(=O)CN2CCN(C(=O)Cn3c(=O)oc4ccccc43)CC2)c1C. The number of carbonyl (C=O) groups excluding carboxylic acids is 2. The summed E-state index contributed by atoms with van der Waals surface area (Å²) in [6.45, 7) is 6.47. The molecule has 0 unspecified atom stereocenters. The summed E-state index contributed by atoms with van der Waals surface area (Å²) in [7, 11) is 0. The van der Waals surface area contributed by atoms with Gasteiger partial charge in [-0.3, -0.25) is 19.1 Å². The Bertz CT molecular complexity index is 1170. The molecule has 31 heavy (non-hydrogen) atoms. The van der Waals surface area contributed by atoms with Crippen molar-refractivity contribution in [3.8, 4) is 0 Å². The quantitative estimate of drug-likeness (QED) is 0.680. The fourth-order valence-corrected chi connectivity index (χ4v) is 3.83. The first-order chi connectivity index (χ1) is 14.9. The van der Waals surface area contributed by atoms with Gasteiger partial charge in [0.05, 0.1) is 12.1 Å². The Kier molecular flexibility index (Phi) is 5.90. The molecule has 4 rings (SSSR count). The number of aromatic nitrogens is 1. The molecular weight excluding hydrogens is 396 g/mol. The summed E-state index contributed by atoms with van der Waals surface area (Å²) in [6.07, 6.45) is 0. The van der Waals surface area contributed by atoms with E-state index in [1.165, 1.54) is 4.57 Å². The van der Waals surface area contributed by atoms with Crippen LogP contribution in [0.15, 0.2) is 51.7 Å². The van der Waals surface area contributed by atoms with Crippen LogP contribution in [-0.2, 0) is 16.1 Å². The maximum atomic E-state index is 12.7. The van der Waals surface area contributed by atoms with Gasteiger partial charge in [-0.2, -0.15) is 0 Å². The third-order valence-electron chi connectivity index (χ3n) is 5.84. The van der Waals surface area contributed by atoms with Gasteiger partial charge in [-0.15, -0.1) is 0 Å². The molecule has 8 heteroatoms. The Morgan fingerprint density at radius 3 is 2.48 bits per heavy atom. The van der Waals surface area contributed by atoms with Crippen LogP contribution in [0.5, 0.6) is 0 Å². The number of oxazole rings is 1. The maximum absolute atomic E-state index is 12.7. The highest BCUT2D eigenvalue weighted by Crippen LogP contribution is 2.18. The zero-order chi connectivity index (χ0) is 22.0. The molecule has 0 bridgehead atoms. The number of hydrogen-bond donors (Lipinski definition) is 1. The standard InChI is InChI=1S/C23H26N4O4/c1-16-6-5-7-18(17(16)2)24-21(28)14-25-10-12-26(13-11-25)22(29)15-27-19-8-3-4-9-20(19)31-23(27)30/h3-9H,10-15H2,1-2H3,(H,24,28). The van der Waals surface area contributed by atoms with Crippen LogP contribution in [0.3, 0.4) is 0 Å². The van der Waals surface area contributed by atoms with Crippen molar-refractivity contribution in [1.82, 2.24) is 14.4 Å². The Balaban J connectivity index is 1.30. The Morgan fingerprint density at radius 2 is 1.71 bits per heavy atom. The number of anilines is 1. The summed E-state index contributed by atoms with van der Waals surface area (Å²) in [5.74, 6) is -0.727. The van der Waals surface area contributed by atoms with Crippen LogP contribution in [0.2, 0.25) is 0 Å². The van der Waals surface area contributed by atoms with Crippen molar-refractivity contribution in [3.05, 3.63) is 64.1 Å². The molecule has 2 amide bonds. The van der Waals surface area contributed by atoms with Gasteiger partial charge in [-0.1, -0.05) is 24.3 Å². The first-order valence-corrected chi connectivity index (χ1v) is 10.4. The number of amides is 2. The zero-order valence-electron chi connectivity index (χ0n) is 17.8. The second-order valence-corrected chi connectivity index (χ2v) is 7.87. The summed E-state index contributed by atoms with van der Waals surface area (Å²) in [5, 5.41) is 2.98. The molecule has 1 aliphatic rings. The van der Waals surface area contributed by atoms with Gasteiger partial charge >= 0.3 is 5.76 Å². The molecule has 0 spiro atoms. The van der Waals surface area contributed by atoms with Crippen molar-refractivity contribution < 1.29 is 14.0 Å². The fraction of sp³-hybridized carbons (Fsp3) is 0.348. The lowest BCUT2D eigenvalue weighted by atomic mass is 10.1. The first-order valence-electron chi connectivity index (χ1n) is 10.4. The molecule has 8 nitrogen and oxygen atoms in total. The van der Waals surface area contributed by atoms with Crippen molar-refractivity contribution in [2.24, 2.45) is 0 Å². The van der Waals surface area contributed by atoms with Crippen molar-refractivity contribution in [2.75, 3.05) is 38.0 Å². The molecule has 1 aromatic heterocycles. The molecular formula is C23H26N4O4. The van der Waals surface area contributed by atoms with E-state index < -0.39 is 5.76 Å². The number of nitrogens with zero attached hydrogens (tertiary/aromatic N) is 3. The maximum Gasteiger partial charge on any atom is 0.420 e. The van der Waals surface area contributed by atoms with Crippen molar-refractivity contribution >= 4 is 28.6 Å². The van der Waals surface area contributed by atoms with E-state index >= 15 is 0 Å². The minimum absolute atomic E-state index is 0.0526. The largest absolute Gasteiger partial charge is 0.420 e. The molecule has 2 aromatic carbocycles. The van der Waals surface area contributed by atoms with Crippen molar-refractivity contribution in [2.45, 2.75) is 20.4 Å². The Labute approximate surface area is 180 Å². The van der Waals surface area contributed by atoms with E-state index in [0.717, 1.165) is 16.8 Å². The number of para-hydroxylation sites is 2. The average Bonchev–Trinajstić information content (AvgIpc) is 3.07. The molecule has 2 heterocycles. The number of rotatable bonds is 5. The molecule has 0 atom stereocenters. The third-order valence-corrected chi connectivity index (χ3v) is 5.84. The third kappa shape index (κ3) is 4.54. The van der Waals surface area contributed by atoms with Gasteiger partial charge in [0.1, 0.15) is 6.54 Å². The van der Waals surface area contributed by atoms with Gasteiger partial charge in [0, 0.05) is 31.9 Å². The highest BCUT2D eigenvalue weighted by Gasteiger charge is 2.24. The van der Waals surface area contributed by atoms with Gasteiger partial charge in [0.15, 0.2) is 5.58 Å². The molecule has 0 aliphatic carbocycles. The normalized spacial score (nSPS) is 14.7. The molecule has 1 N–H and O–H groups in total. The summed E-state index contributed by atoms with van der Waals surface area (Å²) in [5.41, 5.74) is 4.11. The number of carbonyl (C=O) groups is 2. The van der Waals surface area contributed by atoms with Gasteiger partial charge in [0.25, 0.3) is 0 Å². The lowest BCUT2D eigenvalue weighted by molar-refractivity contribution is -0.133. The van der Waals surface area contributed by atoms with Crippen molar-refractivity contribution in [1.29, 1.82) is 0 Å². The second kappa shape index (κ2) is 8.77. The fourth-order valence-electron chi connectivity index (χ4n) is 3.83. The highest BCUT2D eigenvalue weighted by atomic mass is 16.4. The molecule has 1 saturated heterocycles. The molecule has 162 valence electrons. The Morgan fingerprint density at radius 1 is 0.968 bits per heavy atom. The minimum Gasteiger partial charge on any atom is -0.408 e. The van der Waals surface area contributed by atoms with E-state index in [-0.39, 0.29) is 24.9 Å². The molecule has 1 aliphatic heterocycles. The number of benzene rings is 2. The van der Waals surface area contributed by atoms with E-state index in [1.807, 2.05) is 36.9 Å². The van der Waals surface area contributed by atoms with Crippen LogP contribution < -0.4 is 11.1 Å². The van der Waals surface area contributed by atoms with Crippen LogP contribution in [0, 0.1) is 13.8 Å². The molecule has 1 fully saturated rings. The number of fused-ring (bicyclic) bond motifs is 1. The lowest BCUT2D eigenvalue weighted by Crippen LogP contribution is -2.51. The number of nitrogens with one attached hydrogen (secondary N) is 1. The van der Waals surface area contributed by atoms with Crippen LogP contribution in [0.25, 0.3) is 11.1 Å². The van der Waals surface area contributed by atoms with Crippen LogP contribution in [0.4, 0.5) is 5.69 Å². The summed E-state index contributed by atoms with van der Waals surface area (Å²) >= 11 is 0. The van der Waals surface area contributed by atoms with Crippen LogP contribution in [-0.4, -0.2) is 58.9 Å². The molecule has 0 saturated carbocycles. The predicted octanol–water partition coefficient (Wildman–Crippen LogP) is 1.99. The number of piperazine rings is 1.